The normalized spacial score (nSPS) is 25.9. The van der Waals surface area contributed by atoms with Gasteiger partial charge < -0.3 is 10.4 Å². The van der Waals surface area contributed by atoms with E-state index in [1.807, 2.05) is 6.92 Å². The van der Waals surface area contributed by atoms with Crippen molar-refractivity contribution in [3.63, 3.8) is 0 Å². The molecule has 15 heavy (non-hydrogen) atoms. The van der Waals surface area contributed by atoms with Crippen LogP contribution in [0.25, 0.3) is 0 Å². The quantitative estimate of drug-likeness (QED) is 0.742. The molecule has 86 valence electrons. The fourth-order valence-corrected chi connectivity index (χ4v) is 2.12. The van der Waals surface area contributed by atoms with Crippen LogP contribution in [-0.4, -0.2) is 23.5 Å². The first-order valence-corrected chi connectivity index (χ1v) is 5.67. The number of hydrogen-bond donors (Lipinski definition) is 2. The van der Waals surface area contributed by atoms with Crippen LogP contribution in [0.4, 0.5) is 0 Å². The molecule has 2 unspecified atom stereocenters. The van der Waals surface area contributed by atoms with Gasteiger partial charge in [-0.3, -0.25) is 9.59 Å². The number of carbonyl (C=O) groups excluding carboxylic acids is 1. The van der Waals surface area contributed by atoms with Crippen molar-refractivity contribution in [2.24, 2.45) is 11.8 Å². The summed E-state index contributed by atoms with van der Waals surface area (Å²) in [5.74, 6) is -1.70. The van der Waals surface area contributed by atoms with Crippen molar-refractivity contribution < 1.29 is 14.7 Å². The van der Waals surface area contributed by atoms with Gasteiger partial charge >= 0.3 is 5.97 Å². The smallest absolute Gasteiger partial charge is 0.307 e. The highest BCUT2D eigenvalue weighted by molar-refractivity contribution is 5.84. The standard InChI is InChI=1S/C11H19NO3/c1-2-7-12-10(13)8-5-3-4-6-9(8)11(14)15/h8-9H,2-7H2,1H3,(H,12,13)(H,14,15). The summed E-state index contributed by atoms with van der Waals surface area (Å²) in [7, 11) is 0. The fourth-order valence-electron chi connectivity index (χ4n) is 2.12. The second-order valence-electron chi connectivity index (χ2n) is 4.13. The fraction of sp³-hybridized carbons (Fsp3) is 0.818. The van der Waals surface area contributed by atoms with Crippen molar-refractivity contribution in [3.8, 4) is 0 Å². The summed E-state index contributed by atoms with van der Waals surface area (Å²) in [5, 5.41) is 11.8. The Kier molecular flexibility index (Phi) is 4.59. The second-order valence-corrected chi connectivity index (χ2v) is 4.13. The molecule has 2 N–H and O–H groups in total. The van der Waals surface area contributed by atoms with Gasteiger partial charge in [-0.15, -0.1) is 0 Å². The number of amides is 1. The van der Waals surface area contributed by atoms with Gasteiger partial charge in [0.15, 0.2) is 0 Å². The molecule has 1 aliphatic rings. The molecule has 0 heterocycles. The molecule has 4 nitrogen and oxygen atoms in total. The minimum Gasteiger partial charge on any atom is -0.481 e. The lowest BCUT2D eigenvalue weighted by atomic mass is 9.79. The summed E-state index contributed by atoms with van der Waals surface area (Å²) in [5.41, 5.74) is 0. The molecule has 0 aromatic heterocycles. The van der Waals surface area contributed by atoms with Crippen LogP contribution in [0.5, 0.6) is 0 Å². The van der Waals surface area contributed by atoms with E-state index < -0.39 is 11.9 Å². The van der Waals surface area contributed by atoms with E-state index >= 15 is 0 Å². The average Bonchev–Trinajstić information content (AvgIpc) is 2.25. The Morgan fingerprint density at radius 2 is 1.87 bits per heavy atom. The van der Waals surface area contributed by atoms with E-state index in [9.17, 15) is 9.59 Å². The Bertz CT molecular complexity index is 240. The number of carboxylic acid groups (broad SMARTS) is 1. The zero-order valence-electron chi connectivity index (χ0n) is 9.16. The first kappa shape index (κ1) is 12.0. The van der Waals surface area contributed by atoms with Crippen LogP contribution >= 0.6 is 0 Å². The van der Waals surface area contributed by atoms with Gasteiger partial charge in [-0.25, -0.2) is 0 Å². The predicted molar refractivity (Wildman–Crippen MR) is 56.4 cm³/mol. The maximum atomic E-state index is 11.7. The van der Waals surface area contributed by atoms with E-state index in [1.165, 1.54) is 0 Å². The molecule has 0 bridgehead atoms. The lowest BCUT2D eigenvalue weighted by Crippen LogP contribution is -2.39. The van der Waals surface area contributed by atoms with Gasteiger partial charge in [0.2, 0.25) is 5.91 Å². The van der Waals surface area contributed by atoms with Crippen molar-refractivity contribution in [1.29, 1.82) is 0 Å². The van der Waals surface area contributed by atoms with Gasteiger partial charge in [0.05, 0.1) is 11.8 Å². The predicted octanol–water partition coefficient (Wildman–Crippen LogP) is 1.40. The van der Waals surface area contributed by atoms with E-state index in [1.54, 1.807) is 0 Å². The Morgan fingerprint density at radius 1 is 1.27 bits per heavy atom. The summed E-state index contributed by atoms with van der Waals surface area (Å²) in [6, 6.07) is 0. The maximum Gasteiger partial charge on any atom is 0.307 e. The van der Waals surface area contributed by atoms with Crippen LogP contribution in [0.1, 0.15) is 39.0 Å². The van der Waals surface area contributed by atoms with Gasteiger partial charge in [-0.05, 0) is 19.3 Å². The summed E-state index contributed by atoms with van der Waals surface area (Å²) in [4.78, 5) is 22.7. The van der Waals surface area contributed by atoms with E-state index in [0.717, 1.165) is 19.3 Å². The lowest BCUT2D eigenvalue weighted by molar-refractivity contribution is -0.148. The van der Waals surface area contributed by atoms with Crippen molar-refractivity contribution in [3.05, 3.63) is 0 Å². The number of hydrogen-bond acceptors (Lipinski definition) is 2. The molecule has 0 radical (unpaired) electrons. The van der Waals surface area contributed by atoms with Crippen molar-refractivity contribution in [2.45, 2.75) is 39.0 Å². The summed E-state index contributed by atoms with van der Waals surface area (Å²) in [6.07, 6.45) is 4.13. The summed E-state index contributed by atoms with van der Waals surface area (Å²) < 4.78 is 0. The Morgan fingerprint density at radius 3 is 2.40 bits per heavy atom. The Hall–Kier alpha value is -1.06. The number of carbonyl (C=O) groups is 2. The minimum atomic E-state index is -0.827. The molecule has 0 aromatic carbocycles. The molecular weight excluding hydrogens is 194 g/mol. The first-order chi connectivity index (χ1) is 7.16. The van der Waals surface area contributed by atoms with Crippen LogP contribution in [0, 0.1) is 11.8 Å². The Labute approximate surface area is 90.0 Å². The van der Waals surface area contributed by atoms with Crippen LogP contribution in [-0.2, 0) is 9.59 Å². The second kappa shape index (κ2) is 5.73. The molecule has 1 fully saturated rings. The Balaban J connectivity index is 2.55. The van der Waals surface area contributed by atoms with Gasteiger partial charge in [-0.1, -0.05) is 19.8 Å². The largest absolute Gasteiger partial charge is 0.481 e. The third kappa shape index (κ3) is 3.22. The molecule has 0 saturated heterocycles. The molecule has 2 atom stereocenters. The third-order valence-electron chi connectivity index (χ3n) is 2.97. The molecule has 0 spiro atoms. The van der Waals surface area contributed by atoms with E-state index in [0.29, 0.717) is 19.4 Å². The molecule has 1 saturated carbocycles. The van der Waals surface area contributed by atoms with Crippen molar-refractivity contribution in [1.82, 2.24) is 5.32 Å². The highest BCUT2D eigenvalue weighted by Gasteiger charge is 2.35. The van der Waals surface area contributed by atoms with Crippen molar-refractivity contribution >= 4 is 11.9 Å². The van der Waals surface area contributed by atoms with Gasteiger partial charge in [0.1, 0.15) is 0 Å². The summed E-state index contributed by atoms with van der Waals surface area (Å²) >= 11 is 0. The van der Waals surface area contributed by atoms with Crippen LogP contribution in [0.15, 0.2) is 0 Å². The third-order valence-corrected chi connectivity index (χ3v) is 2.97. The van der Waals surface area contributed by atoms with Crippen molar-refractivity contribution in [2.75, 3.05) is 6.54 Å². The van der Waals surface area contributed by atoms with Gasteiger partial charge in [0.25, 0.3) is 0 Å². The highest BCUT2D eigenvalue weighted by atomic mass is 16.4. The van der Waals surface area contributed by atoms with Crippen LogP contribution in [0.2, 0.25) is 0 Å². The van der Waals surface area contributed by atoms with Gasteiger partial charge in [-0.2, -0.15) is 0 Å². The van der Waals surface area contributed by atoms with E-state index in [-0.39, 0.29) is 11.8 Å². The van der Waals surface area contributed by atoms with E-state index in [4.69, 9.17) is 5.11 Å². The first-order valence-electron chi connectivity index (χ1n) is 5.67. The number of aliphatic carboxylic acids is 1. The molecule has 4 heteroatoms. The average molecular weight is 213 g/mol. The van der Waals surface area contributed by atoms with Crippen LogP contribution < -0.4 is 5.32 Å². The molecular formula is C11H19NO3. The molecule has 1 rings (SSSR count). The van der Waals surface area contributed by atoms with Crippen LogP contribution in [0.3, 0.4) is 0 Å². The minimum absolute atomic E-state index is 0.0797. The lowest BCUT2D eigenvalue weighted by Gasteiger charge is -2.27. The molecule has 1 aliphatic carbocycles. The highest BCUT2D eigenvalue weighted by Crippen LogP contribution is 2.30. The monoisotopic (exact) mass is 213 g/mol. The summed E-state index contributed by atoms with van der Waals surface area (Å²) in [6.45, 7) is 2.62. The number of carboxylic acids is 1. The molecule has 1 amide bonds. The maximum absolute atomic E-state index is 11.7. The zero-order valence-corrected chi connectivity index (χ0v) is 9.16. The van der Waals surface area contributed by atoms with Gasteiger partial charge in [0, 0.05) is 6.54 Å². The number of rotatable bonds is 4. The molecule has 0 aliphatic heterocycles. The zero-order chi connectivity index (χ0) is 11.3. The topological polar surface area (TPSA) is 66.4 Å². The molecule has 0 aromatic rings. The number of nitrogens with one attached hydrogen (secondary N) is 1. The van der Waals surface area contributed by atoms with E-state index in [2.05, 4.69) is 5.32 Å². The SMILES string of the molecule is CCCNC(=O)C1CCCCC1C(=O)O.